The molecule has 0 spiro atoms. The molecule has 102 valence electrons. The maximum Gasteiger partial charge on any atom is 0.0614 e. The second-order valence-corrected chi connectivity index (χ2v) is 5.81. The van der Waals surface area contributed by atoms with Gasteiger partial charge in [0.2, 0.25) is 0 Å². The van der Waals surface area contributed by atoms with Crippen molar-refractivity contribution in [2.75, 3.05) is 19.8 Å². The molecule has 1 saturated carbocycles. The molecule has 0 radical (unpaired) electrons. The van der Waals surface area contributed by atoms with Gasteiger partial charge in [0.15, 0.2) is 0 Å². The standard InChI is InChI=1S/C14H29NO2/c1-4-8-15-14(11-16)7-5-6-13(9-14)17-10-12(2)3/h12-13,15-16H,4-11H2,1-3H3. The van der Waals surface area contributed by atoms with Crippen LogP contribution in [0.1, 0.15) is 52.9 Å². The minimum absolute atomic E-state index is 0.0874. The van der Waals surface area contributed by atoms with Gasteiger partial charge in [-0.05, 0) is 44.6 Å². The summed E-state index contributed by atoms with van der Waals surface area (Å²) in [6.07, 6.45) is 5.76. The molecule has 2 unspecified atom stereocenters. The van der Waals surface area contributed by atoms with Crippen molar-refractivity contribution < 1.29 is 9.84 Å². The fourth-order valence-electron chi connectivity index (χ4n) is 2.53. The molecular formula is C14H29NO2. The van der Waals surface area contributed by atoms with Crippen molar-refractivity contribution in [1.29, 1.82) is 0 Å². The Morgan fingerprint density at radius 3 is 2.82 bits per heavy atom. The molecule has 1 aliphatic rings. The zero-order valence-corrected chi connectivity index (χ0v) is 11.7. The first-order valence-corrected chi connectivity index (χ1v) is 7.09. The van der Waals surface area contributed by atoms with Crippen molar-refractivity contribution in [1.82, 2.24) is 5.32 Å². The molecule has 1 fully saturated rings. The van der Waals surface area contributed by atoms with Gasteiger partial charge in [0, 0.05) is 12.1 Å². The van der Waals surface area contributed by atoms with E-state index < -0.39 is 0 Å². The average molecular weight is 243 g/mol. The second-order valence-electron chi connectivity index (χ2n) is 5.81. The van der Waals surface area contributed by atoms with Gasteiger partial charge >= 0.3 is 0 Å². The highest BCUT2D eigenvalue weighted by atomic mass is 16.5. The van der Waals surface area contributed by atoms with E-state index in [1.807, 2.05) is 0 Å². The van der Waals surface area contributed by atoms with Crippen LogP contribution in [0, 0.1) is 5.92 Å². The smallest absolute Gasteiger partial charge is 0.0614 e. The molecule has 2 atom stereocenters. The molecule has 0 saturated heterocycles. The number of ether oxygens (including phenoxy) is 1. The van der Waals surface area contributed by atoms with Gasteiger partial charge in [-0.3, -0.25) is 0 Å². The van der Waals surface area contributed by atoms with Crippen LogP contribution in [0.25, 0.3) is 0 Å². The Morgan fingerprint density at radius 1 is 1.47 bits per heavy atom. The molecule has 0 aromatic carbocycles. The zero-order valence-electron chi connectivity index (χ0n) is 11.7. The van der Waals surface area contributed by atoms with E-state index in [-0.39, 0.29) is 12.1 Å². The first-order valence-electron chi connectivity index (χ1n) is 7.09. The monoisotopic (exact) mass is 243 g/mol. The van der Waals surface area contributed by atoms with Crippen molar-refractivity contribution in [3.05, 3.63) is 0 Å². The Kier molecular flexibility index (Phi) is 6.45. The third-order valence-electron chi connectivity index (χ3n) is 3.52. The topological polar surface area (TPSA) is 41.5 Å². The first kappa shape index (κ1) is 14.9. The normalized spacial score (nSPS) is 29.8. The van der Waals surface area contributed by atoms with E-state index in [0.717, 1.165) is 45.3 Å². The van der Waals surface area contributed by atoms with Crippen LogP contribution in [-0.4, -0.2) is 36.5 Å². The highest BCUT2D eigenvalue weighted by Gasteiger charge is 2.35. The number of hydrogen-bond acceptors (Lipinski definition) is 3. The molecule has 0 heterocycles. The molecule has 2 N–H and O–H groups in total. The Balaban J connectivity index is 2.44. The summed E-state index contributed by atoms with van der Waals surface area (Å²) in [5.74, 6) is 0.587. The summed E-state index contributed by atoms with van der Waals surface area (Å²) >= 11 is 0. The maximum absolute atomic E-state index is 9.65. The molecule has 3 nitrogen and oxygen atoms in total. The number of hydrogen-bond donors (Lipinski definition) is 2. The number of aliphatic hydroxyl groups is 1. The van der Waals surface area contributed by atoms with Crippen molar-refractivity contribution in [2.24, 2.45) is 5.92 Å². The molecule has 0 amide bonds. The summed E-state index contributed by atoms with van der Waals surface area (Å²) in [6.45, 7) is 8.56. The van der Waals surface area contributed by atoms with Crippen LogP contribution in [0.3, 0.4) is 0 Å². The summed E-state index contributed by atoms with van der Waals surface area (Å²) in [6, 6.07) is 0. The third-order valence-corrected chi connectivity index (χ3v) is 3.52. The average Bonchev–Trinajstić information content (AvgIpc) is 2.34. The summed E-state index contributed by atoms with van der Waals surface area (Å²) in [7, 11) is 0. The van der Waals surface area contributed by atoms with E-state index in [4.69, 9.17) is 4.74 Å². The molecule has 0 aromatic rings. The van der Waals surface area contributed by atoms with E-state index in [2.05, 4.69) is 26.1 Å². The van der Waals surface area contributed by atoms with E-state index in [1.165, 1.54) is 0 Å². The lowest BCUT2D eigenvalue weighted by molar-refractivity contribution is -0.0250. The van der Waals surface area contributed by atoms with Crippen LogP contribution >= 0.6 is 0 Å². The van der Waals surface area contributed by atoms with E-state index >= 15 is 0 Å². The van der Waals surface area contributed by atoms with E-state index in [9.17, 15) is 5.11 Å². The number of aliphatic hydroxyl groups excluding tert-OH is 1. The van der Waals surface area contributed by atoms with Crippen molar-refractivity contribution in [3.63, 3.8) is 0 Å². The van der Waals surface area contributed by atoms with E-state index in [1.54, 1.807) is 0 Å². The van der Waals surface area contributed by atoms with Crippen molar-refractivity contribution in [2.45, 2.75) is 64.5 Å². The van der Waals surface area contributed by atoms with Gasteiger partial charge in [-0.15, -0.1) is 0 Å². The summed E-state index contributed by atoms with van der Waals surface area (Å²) in [5.41, 5.74) is -0.0874. The quantitative estimate of drug-likeness (QED) is 0.721. The summed E-state index contributed by atoms with van der Waals surface area (Å²) in [4.78, 5) is 0. The van der Waals surface area contributed by atoms with Gasteiger partial charge in [0.05, 0.1) is 12.7 Å². The van der Waals surface area contributed by atoms with Gasteiger partial charge in [-0.2, -0.15) is 0 Å². The number of rotatable bonds is 7. The Morgan fingerprint density at radius 2 is 2.24 bits per heavy atom. The summed E-state index contributed by atoms with van der Waals surface area (Å²) < 4.78 is 5.93. The predicted molar refractivity (Wildman–Crippen MR) is 71.2 cm³/mol. The highest BCUT2D eigenvalue weighted by molar-refractivity contribution is 4.93. The lowest BCUT2D eigenvalue weighted by atomic mass is 9.80. The van der Waals surface area contributed by atoms with Crippen LogP contribution in [0.5, 0.6) is 0 Å². The predicted octanol–water partition coefficient (Wildman–Crippen LogP) is 2.33. The number of nitrogens with one attached hydrogen (secondary N) is 1. The molecule has 1 rings (SSSR count). The zero-order chi connectivity index (χ0) is 12.7. The fraction of sp³-hybridized carbons (Fsp3) is 1.00. The highest BCUT2D eigenvalue weighted by Crippen LogP contribution is 2.30. The van der Waals surface area contributed by atoms with E-state index in [0.29, 0.717) is 12.0 Å². The lowest BCUT2D eigenvalue weighted by Gasteiger charge is -2.40. The molecule has 3 heteroatoms. The van der Waals surface area contributed by atoms with Gasteiger partial charge in [0.1, 0.15) is 0 Å². The maximum atomic E-state index is 9.65. The second kappa shape index (κ2) is 7.34. The van der Waals surface area contributed by atoms with Crippen LogP contribution in [0.15, 0.2) is 0 Å². The van der Waals surface area contributed by atoms with Crippen LogP contribution < -0.4 is 5.32 Å². The molecular weight excluding hydrogens is 214 g/mol. The van der Waals surface area contributed by atoms with Crippen molar-refractivity contribution in [3.8, 4) is 0 Å². The molecule has 0 bridgehead atoms. The Hall–Kier alpha value is -0.120. The molecule has 17 heavy (non-hydrogen) atoms. The largest absolute Gasteiger partial charge is 0.394 e. The Bertz CT molecular complexity index is 208. The minimum atomic E-state index is -0.0874. The lowest BCUT2D eigenvalue weighted by Crippen LogP contribution is -2.53. The van der Waals surface area contributed by atoms with Crippen LogP contribution in [0.2, 0.25) is 0 Å². The van der Waals surface area contributed by atoms with Crippen LogP contribution in [-0.2, 0) is 4.74 Å². The first-order chi connectivity index (χ1) is 8.12. The summed E-state index contributed by atoms with van der Waals surface area (Å²) in [5, 5.41) is 13.2. The van der Waals surface area contributed by atoms with Gasteiger partial charge in [0.25, 0.3) is 0 Å². The molecule has 0 aromatic heterocycles. The van der Waals surface area contributed by atoms with Gasteiger partial charge in [-0.1, -0.05) is 20.8 Å². The Labute approximate surface area is 106 Å². The van der Waals surface area contributed by atoms with Crippen molar-refractivity contribution >= 4 is 0 Å². The molecule has 1 aliphatic carbocycles. The van der Waals surface area contributed by atoms with Gasteiger partial charge in [-0.25, -0.2) is 0 Å². The third kappa shape index (κ3) is 4.94. The minimum Gasteiger partial charge on any atom is -0.394 e. The van der Waals surface area contributed by atoms with Crippen LogP contribution in [0.4, 0.5) is 0 Å². The molecule has 0 aliphatic heterocycles. The fourth-order valence-corrected chi connectivity index (χ4v) is 2.53. The van der Waals surface area contributed by atoms with Gasteiger partial charge < -0.3 is 15.2 Å². The SMILES string of the molecule is CCCNC1(CO)CCCC(OCC(C)C)C1.